The van der Waals surface area contributed by atoms with Gasteiger partial charge in [0.1, 0.15) is 0 Å². The maximum atomic E-state index is 2.30. The Labute approximate surface area is 132 Å². The maximum absolute atomic E-state index is 2.30. The quantitative estimate of drug-likeness (QED) is 0.280. The number of hydrogen-bond acceptors (Lipinski definition) is 1. The summed E-state index contributed by atoms with van der Waals surface area (Å²) >= 11 is 1.91. The Hall–Kier alpha value is -2.38. The van der Waals surface area contributed by atoms with Crippen molar-refractivity contribution in [2.45, 2.75) is 6.92 Å². The van der Waals surface area contributed by atoms with E-state index >= 15 is 0 Å². The molecule has 0 unspecified atom stereocenters. The number of fused-ring (bicyclic) bond motifs is 7. The summed E-state index contributed by atoms with van der Waals surface area (Å²) < 4.78 is 2.79. The van der Waals surface area contributed by atoms with Crippen LogP contribution in [0.1, 0.15) is 5.56 Å². The van der Waals surface area contributed by atoms with E-state index in [2.05, 4.69) is 73.7 Å². The van der Waals surface area contributed by atoms with E-state index in [1.165, 1.54) is 47.3 Å². The van der Waals surface area contributed by atoms with Gasteiger partial charge in [-0.15, -0.1) is 11.3 Å². The summed E-state index contributed by atoms with van der Waals surface area (Å²) in [4.78, 5) is 0. The molecular weight excluding hydrogens is 284 g/mol. The molecule has 22 heavy (non-hydrogen) atoms. The fourth-order valence-electron chi connectivity index (χ4n) is 3.55. The van der Waals surface area contributed by atoms with E-state index in [1.54, 1.807) is 0 Å². The van der Waals surface area contributed by atoms with Crippen LogP contribution in [0, 0.1) is 6.92 Å². The molecule has 0 bridgehead atoms. The van der Waals surface area contributed by atoms with Crippen LogP contribution in [0.5, 0.6) is 0 Å². The second-order valence-corrected chi connectivity index (χ2v) is 6.93. The van der Waals surface area contributed by atoms with Crippen LogP contribution in [0.2, 0.25) is 0 Å². The highest BCUT2D eigenvalue weighted by atomic mass is 32.1. The van der Waals surface area contributed by atoms with E-state index in [-0.39, 0.29) is 0 Å². The molecule has 1 aromatic heterocycles. The average Bonchev–Trinajstić information content (AvgIpc) is 2.93. The Morgan fingerprint density at radius 3 is 2.32 bits per heavy atom. The first-order chi connectivity index (χ1) is 10.8. The van der Waals surface area contributed by atoms with Crippen molar-refractivity contribution in [1.29, 1.82) is 0 Å². The van der Waals surface area contributed by atoms with Gasteiger partial charge in [0.25, 0.3) is 0 Å². The highest BCUT2D eigenvalue weighted by Crippen LogP contribution is 2.41. The molecule has 0 aliphatic carbocycles. The molecule has 104 valence electrons. The highest BCUT2D eigenvalue weighted by Gasteiger charge is 2.11. The molecule has 0 aliphatic rings. The molecule has 0 fully saturated rings. The third-order valence-corrected chi connectivity index (χ3v) is 5.78. The molecule has 4 aromatic carbocycles. The van der Waals surface area contributed by atoms with Gasteiger partial charge in [0.05, 0.1) is 0 Å². The molecule has 0 spiro atoms. The molecule has 0 saturated heterocycles. The Balaban J connectivity index is 2.16. The van der Waals surface area contributed by atoms with Gasteiger partial charge in [0.2, 0.25) is 0 Å². The van der Waals surface area contributed by atoms with E-state index in [0.717, 1.165) is 0 Å². The summed E-state index contributed by atoms with van der Waals surface area (Å²) in [6.45, 7) is 2.22. The number of rotatable bonds is 0. The third-order valence-electron chi connectivity index (χ3n) is 4.57. The number of benzene rings is 4. The van der Waals surface area contributed by atoms with Gasteiger partial charge in [-0.2, -0.15) is 0 Å². The summed E-state index contributed by atoms with van der Waals surface area (Å²) in [5.74, 6) is 0. The van der Waals surface area contributed by atoms with Crippen molar-refractivity contribution >= 4 is 53.1 Å². The smallest absolute Gasteiger partial charge is 0.0440 e. The molecule has 0 nitrogen and oxygen atoms in total. The van der Waals surface area contributed by atoms with Gasteiger partial charge in [0.15, 0.2) is 0 Å². The third kappa shape index (κ3) is 1.52. The summed E-state index contributed by atoms with van der Waals surface area (Å²) in [6.07, 6.45) is 0. The van der Waals surface area contributed by atoms with Crippen molar-refractivity contribution in [2.24, 2.45) is 0 Å². The van der Waals surface area contributed by atoms with Crippen molar-refractivity contribution in [3.8, 4) is 0 Å². The molecule has 1 heteroatoms. The van der Waals surface area contributed by atoms with Gasteiger partial charge in [-0.3, -0.25) is 0 Å². The van der Waals surface area contributed by atoms with Gasteiger partial charge in [0, 0.05) is 25.6 Å². The predicted molar refractivity (Wildman–Crippen MR) is 99.1 cm³/mol. The Bertz CT molecular complexity index is 1180. The van der Waals surface area contributed by atoms with Crippen LogP contribution < -0.4 is 0 Å². The summed E-state index contributed by atoms with van der Waals surface area (Å²) in [6, 6.07) is 24.3. The Kier molecular flexibility index (Phi) is 2.39. The van der Waals surface area contributed by atoms with Crippen molar-refractivity contribution in [3.63, 3.8) is 0 Å². The van der Waals surface area contributed by atoms with E-state index in [4.69, 9.17) is 0 Å². The average molecular weight is 298 g/mol. The second kappa shape index (κ2) is 4.31. The van der Waals surface area contributed by atoms with Crippen molar-refractivity contribution in [3.05, 3.63) is 72.3 Å². The topological polar surface area (TPSA) is 0 Å². The zero-order chi connectivity index (χ0) is 14.7. The maximum Gasteiger partial charge on any atom is 0.0440 e. The SMILES string of the molecule is Cc1cc2ccccc2c2c1ccc1c3ccccc3sc12. The predicted octanol–water partition coefficient (Wildman–Crippen LogP) is 6.67. The van der Waals surface area contributed by atoms with Crippen molar-refractivity contribution in [2.75, 3.05) is 0 Å². The zero-order valence-electron chi connectivity index (χ0n) is 12.3. The van der Waals surface area contributed by atoms with Crippen molar-refractivity contribution in [1.82, 2.24) is 0 Å². The molecule has 5 aromatic rings. The summed E-state index contributed by atoms with van der Waals surface area (Å²) in [5.41, 5.74) is 1.35. The Morgan fingerprint density at radius 2 is 1.41 bits per heavy atom. The second-order valence-electron chi connectivity index (χ2n) is 5.88. The fraction of sp³-hybridized carbons (Fsp3) is 0.0476. The van der Waals surface area contributed by atoms with E-state index < -0.39 is 0 Å². The molecule has 0 N–H and O–H groups in total. The standard InChI is InChI=1S/C21H14S/c1-13-12-14-6-2-3-7-16(14)20-15(13)10-11-18-17-8-4-5-9-19(17)22-21(18)20/h2-12H,1H3. The van der Waals surface area contributed by atoms with Crippen LogP contribution in [0.3, 0.4) is 0 Å². The molecule has 0 amide bonds. The molecule has 5 rings (SSSR count). The monoisotopic (exact) mass is 298 g/mol. The first-order valence-electron chi connectivity index (χ1n) is 7.55. The van der Waals surface area contributed by atoms with Crippen LogP contribution in [-0.4, -0.2) is 0 Å². The minimum Gasteiger partial charge on any atom is -0.135 e. The van der Waals surface area contributed by atoms with Crippen LogP contribution in [-0.2, 0) is 0 Å². The highest BCUT2D eigenvalue weighted by molar-refractivity contribution is 7.26. The summed E-state index contributed by atoms with van der Waals surface area (Å²) in [5, 5.41) is 8.23. The minimum atomic E-state index is 1.33. The number of hydrogen-bond donors (Lipinski definition) is 0. The van der Waals surface area contributed by atoms with Gasteiger partial charge >= 0.3 is 0 Å². The van der Waals surface area contributed by atoms with Crippen LogP contribution in [0.15, 0.2) is 66.7 Å². The molecule has 0 saturated carbocycles. The lowest BCUT2D eigenvalue weighted by atomic mass is 9.96. The van der Waals surface area contributed by atoms with Crippen molar-refractivity contribution < 1.29 is 0 Å². The summed E-state index contributed by atoms with van der Waals surface area (Å²) in [7, 11) is 0. The number of aryl methyl sites for hydroxylation is 1. The first-order valence-corrected chi connectivity index (χ1v) is 8.37. The van der Waals surface area contributed by atoms with E-state index in [0.29, 0.717) is 0 Å². The molecule has 1 heterocycles. The minimum absolute atomic E-state index is 1.33. The van der Waals surface area contributed by atoms with Gasteiger partial charge < -0.3 is 0 Å². The molecule has 0 radical (unpaired) electrons. The molecule has 0 atom stereocenters. The van der Waals surface area contributed by atoms with E-state index in [1.807, 2.05) is 11.3 Å². The van der Waals surface area contributed by atoms with Gasteiger partial charge in [-0.25, -0.2) is 0 Å². The fourth-order valence-corrected chi connectivity index (χ4v) is 4.81. The Morgan fingerprint density at radius 1 is 0.682 bits per heavy atom. The van der Waals surface area contributed by atoms with Crippen LogP contribution in [0.4, 0.5) is 0 Å². The normalized spacial score (nSPS) is 11.9. The van der Waals surface area contributed by atoms with Crippen LogP contribution >= 0.6 is 11.3 Å². The van der Waals surface area contributed by atoms with Crippen LogP contribution in [0.25, 0.3) is 41.7 Å². The molecule has 0 aliphatic heterocycles. The molecular formula is C21H14S. The number of thiophene rings is 1. The van der Waals surface area contributed by atoms with E-state index in [9.17, 15) is 0 Å². The van der Waals surface area contributed by atoms with Gasteiger partial charge in [-0.1, -0.05) is 60.7 Å². The zero-order valence-corrected chi connectivity index (χ0v) is 13.1. The first kappa shape index (κ1) is 12.2. The van der Waals surface area contributed by atoms with Gasteiger partial charge in [-0.05, 0) is 34.7 Å². The largest absolute Gasteiger partial charge is 0.135 e. The lowest BCUT2D eigenvalue weighted by Crippen LogP contribution is -1.82. The lowest BCUT2D eigenvalue weighted by molar-refractivity contribution is 1.56. The lowest BCUT2D eigenvalue weighted by Gasteiger charge is -2.08.